The van der Waals surface area contributed by atoms with Gasteiger partial charge in [0.15, 0.2) is 17.3 Å². The predicted octanol–water partition coefficient (Wildman–Crippen LogP) is 5.77. The third-order valence-corrected chi connectivity index (χ3v) is 6.58. The van der Waals surface area contributed by atoms with Gasteiger partial charge in [-0.1, -0.05) is 44.2 Å². The van der Waals surface area contributed by atoms with E-state index in [0.717, 1.165) is 33.7 Å². The Balaban J connectivity index is 1.83. The van der Waals surface area contributed by atoms with Gasteiger partial charge in [-0.25, -0.2) is 0 Å². The topological polar surface area (TPSA) is 102 Å². The van der Waals surface area contributed by atoms with Gasteiger partial charge >= 0.3 is 0 Å². The summed E-state index contributed by atoms with van der Waals surface area (Å²) in [7, 11) is 1.39. The highest BCUT2D eigenvalue weighted by atomic mass is 16.6. The summed E-state index contributed by atoms with van der Waals surface area (Å²) >= 11 is 0. The molecule has 0 fully saturated rings. The molecule has 1 aliphatic carbocycles. The molecule has 33 heavy (non-hydrogen) atoms. The average Bonchev–Trinajstić information content (AvgIpc) is 2.77. The first-order chi connectivity index (χ1) is 15.7. The fourth-order valence-electron chi connectivity index (χ4n) is 5.20. The lowest BCUT2D eigenvalue weighted by atomic mass is 9.67. The summed E-state index contributed by atoms with van der Waals surface area (Å²) in [6.45, 7) is 4.14. The van der Waals surface area contributed by atoms with Gasteiger partial charge < -0.3 is 15.2 Å². The number of nitrogens with zero attached hydrogens (tertiary/aromatic N) is 1. The zero-order valence-electron chi connectivity index (χ0n) is 18.6. The number of nitro benzene ring substituents is 1. The van der Waals surface area contributed by atoms with Gasteiger partial charge in [-0.05, 0) is 40.3 Å². The van der Waals surface area contributed by atoms with Crippen LogP contribution in [0.5, 0.6) is 11.5 Å². The molecular weight excluding hydrogens is 420 g/mol. The van der Waals surface area contributed by atoms with E-state index in [1.54, 1.807) is 0 Å². The number of hydrogen-bond donors (Lipinski definition) is 2. The van der Waals surface area contributed by atoms with Crippen LogP contribution in [-0.4, -0.2) is 22.9 Å². The normalized spacial score (nSPS) is 19.0. The number of aromatic hydroxyl groups is 1. The molecule has 1 aliphatic heterocycles. The number of carbonyl (C=O) groups is 1. The van der Waals surface area contributed by atoms with Gasteiger partial charge in [-0.15, -0.1) is 0 Å². The molecule has 0 unspecified atom stereocenters. The van der Waals surface area contributed by atoms with E-state index >= 15 is 0 Å². The summed E-state index contributed by atoms with van der Waals surface area (Å²) in [5.41, 5.74) is 3.07. The first-order valence-corrected chi connectivity index (χ1v) is 10.8. The summed E-state index contributed by atoms with van der Waals surface area (Å²) in [4.78, 5) is 24.9. The largest absolute Gasteiger partial charge is 0.504 e. The zero-order chi connectivity index (χ0) is 23.5. The van der Waals surface area contributed by atoms with Crippen LogP contribution in [0.25, 0.3) is 16.3 Å². The monoisotopic (exact) mass is 444 g/mol. The van der Waals surface area contributed by atoms with E-state index in [1.165, 1.54) is 13.2 Å². The minimum atomic E-state index is -0.729. The number of carbonyl (C=O) groups excluding carboxylic acids is 1. The molecule has 2 aliphatic rings. The second kappa shape index (κ2) is 7.33. The van der Waals surface area contributed by atoms with Gasteiger partial charge in [-0.3, -0.25) is 14.9 Å². The number of nitro groups is 1. The first kappa shape index (κ1) is 21.0. The second-order valence-electron chi connectivity index (χ2n) is 9.46. The van der Waals surface area contributed by atoms with Crippen LogP contribution < -0.4 is 10.1 Å². The molecule has 2 N–H and O–H groups in total. The zero-order valence-corrected chi connectivity index (χ0v) is 18.6. The third kappa shape index (κ3) is 3.31. The molecule has 168 valence electrons. The highest BCUT2D eigenvalue weighted by Crippen LogP contribution is 2.53. The highest BCUT2D eigenvalue weighted by molar-refractivity contribution is 6.13. The molecule has 0 aromatic heterocycles. The van der Waals surface area contributed by atoms with E-state index in [2.05, 4.69) is 19.2 Å². The number of phenolic OH excluding ortho intramolecular Hbond substituents is 1. The SMILES string of the molecule is COc1cc([C@@H]2Nc3ccc4ccccc4c3C3=C2C(=O)CC(C)(C)C3)c([N+](=O)[O-])cc1O. The standard InChI is InChI=1S/C26H24N2O5/c1-26(2)12-17-23-15-7-5-4-6-14(15)8-9-18(23)27-25(24(17)21(30)13-26)16-10-22(33-3)20(29)11-19(16)28(31)32/h4-11,25,27,29H,12-13H2,1-3H3/t25-/m0/s1. The van der Waals surface area contributed by atoms with Crippen LogP contribution >= 0.6 is 0 Å². The smallest absolute Gasteiger partial charge is 0.279 e. The van der Waals surface area contributed by atoms with Crippen molar-refractivity contribution in [3.63, 3.8) is 0 Å². The Kier molecular flexibility index (Phi) is 4.67. The number of phenols is 1. The van der Waals surface area contributed by atoms with Crippen LogP contribution in [0.2, 0.25) is 0 Å². The Labute approximate surface area is 190 Å². The molecule has 0 radical (unpaired) electrons. The summed E-state index contributed by atoms with van der Waals surface area (Å²) in [5.74, 6) is -0.230. The Morgan fingerprint density at radius 3 is 2.64 bits per heavy atom. The maximum Gasteiger partial charge on any atom is 0.279 e. The quantitative estimate of drug-likeness (QED) is 0.393. The molecule has 0 bridgehead atoms. The summed E-state index contributed by atoms with van der Waals surface area (Å²) in [6, 6.07) is 13.8. The second-order valence-corrected chi connectivity index (χ2v) is 9.46. The molecule has 7 nitrogen and oxygen atoms in total. The molecular formula is C26H24N2O5. The number of fused-ring (bicyclic) bond motifs is 4. The minimum Gasteiger partial charge on any atom is -0.504 e. The number of rotatable bonds is 3. The van der Waals surface area contributed by atoms with Crippen molar-refractivity contribution in [2.75, 3.05) is 12.4 Å². The van der Waals surface area contributed by atoms with Gasteiger partial charge in [0.25, 0.3) is 5.69 Å². The molecule has 0 spiro atoms. The van der Waals surface area contributed by atoms with E-state index in [9.17, 15) is 20.0 Å². The maximum absolute atomic E-state index is 13.5. The van der Waals surface area contributed by atoms with E-state index < -0.39 is 11.0 Å². The van der Waals surface area contributed by atoms with E-state index in [0.29, 0.717) is 18.4 Å². The number of anilines is 1. The van der Waals surface area contributed by atoms with E-state index in [4.69, 9.17) is 4.74 Å². The van der Waals surface area contributed by atoms with Crippen LogP contribution in [0.4, 0.5) is 11.4 Å². The molecule has 3 aromatic rings. The van der Waals surface area contributed by atoms with Crippen molar-refractivity contribution >= 4 is 33.5 Å². The van der Waals surface area contributed by atoms with Crippen LogP contribution in [0.3, 0.4) is 0 Å². The Morgan fingerprint density at radius 1 is 1.15 bits per heavy atom. The van der Waals surface area contributed by atoms with Gasteiger partial charge in [0.05, 0.1) is 29.7 Å². The Bertz CT molecular complexity index is 1370. The number of ether oxygens (including phenoxy) is 1. The number of Topliss-reactive ketones (excluding diaryl/α,β-unsaturated/α-hetero) is 1. The van der Waals surface area contributed by atoms with Crippen LogP contribution in [0.15, 0.2) is 54.1 Å². The lowest BCUT2D eigenvalue weighted by molar-refractivity contribution is -0.385. The molecule has 0 saturated carbocycles. The number of allylic oxidation sites excluding steroid dienone is 1. The van der Waals surface area contributed by atoms with E-state index in [1.807, 2.05) is 36.4 Å². The Hall–Kier alpha value is -3.87. The third-order valence-electron chi connectivity index (χ3n) is 6.58. The van der Waals surface area contributed by atoms with E-state index in [-0.39, 0.29) is 33.9 Å². The van der Waals surface area contributed by atoms with Crippen LogP contribution in [-0.2, 0) is 4.79 Å². The molecule has 0 amide bonds. The number of methoxy groups -OCH3 is 1. The van der Waals surface area contributed by atoms with Gasteiger partial charge in [0, 0.05) is 23.2 Å². The fraction of sp³-hybridized carbons (Fsp3) is 0.269. The summed E-state index contributed by atoms with van der Waals surface area (Å²) in [5, 5.41) is 27.6. The highest BCUT2D eigenvalue weighted by Gasteiger charge is 2.42. The lowest BCUT2D eigenvalue weighted by Gasteiger charge is -2.40. The molecule has 7 heteroatoms. The van der Waals surface area contributed by atoms with Crippen molar-refractivity contribution in [1.29, 1.82) is 0 Å². The number of nitrogens with one attached hydrogen (secondary N) is 1. The molecule has 0 saturated heterocycles. The number of ketones is 1. The molecule has 5 rings (SSSR count). The first-order valence-electron chi connectivity index (χ1n) is 10.8. The Morgan fingerprint density at radius 2 is 1.91 bits per heavy atom. The predicted molar refractivity (Wildman–Crippen MR) is 127 cm³/mol. The number of hydrogen-bond acceptors (Lipinski definition) is 6. The van der Waals surface area contributed by atoms with Crippen LogP contribution in [0.1, 0.15) is 43.9 Å². The summed E-state index contributed by atoms with van der Waals surface area (Å²) < 4.78 is 5.23. The number of benzene rings is 3. The van der Waals surface area contributed by atoms with Crippen molar-refractivity contribution < 1.29 is 19.6 Å². The lowest BCUT2D eigenvalue weighted by Crippen LogP contribution is -2.33. The van der Waals surface area contributed by atoms with Gasteiger partial charge in [0.1, 0.15) is 0 Å². The maximum atomic E-state index is 13.5. The molecule has 1 heterocycles. The van der Waals surface area contributed by atoms with Crippen molar-refractivity contribution in [3.8, 4) is 11.5 Å². The minimum absolute atomic E-state index is 0.0290. The fourth-order valence-corrected chi connectivity index (χ4v) is 5.20. The summed E-state index contributed by atoms with van der Waals surface area (Å²) in [6.07, 6.45) is 1.03. The van der Waals surface area contributed by atoms with Crippen LogP contribution in [0, 0.1) is 15.5 Å². The molecule has 3 aromatic carbocycles. The average molecular weight is 444 g/mol. The van der Waals surface area contributed by atoms with Gasteiger partial charge in [-0.2, -0.15) is 0 Å². The van der Waals surface area contributed by atoms with Crippen molar-refractivity contribution in [1.82, 2.24) is 0 Å². The van der Waals surface area contributed by atoms with Crippen molar-refractivity contribution in [2.45, 2.75) is 32.7 Å². The van der Waals surface area contributed by atoms with Crippen molar-refractivity contribution in [2.24, 2.45) is 5.41 Å². The van der Waals surface area contributed by atoms with Gasteiger partial charge in [0.2, 0.25) is 0 Å². The molecule has 1 atom stereocenters. The van der Waals surface area contributed by atoms with Crippen molar-refractivity contribution in [3.05, 3.63) is 75.3 Å².